The van der Waals surface area contributed by atoms with Gasteiger partial charge in [0.05, 0.1) is 19.1 Å². The maximum Gasteiger partial charge on any atom is 0.332 e. The second-order valence-electron chi connectivity index (χ2n) is 8.27. The molecule has 178 valence electrons. The van der Waals surface area contributed by atoms with Crippen LogP contribution < -0.4 is 5.73 Å². The standard InChI is InChI=1S/C25H32ClN3O4/c1-19(17-23(27)30)33-24(31)18-32-16-15-28-11-13-29(14-12-28)25(20-5-3-2-4-6-20)21-7-9-22(26)10-8-21/h2-10,19,25H,11-18H2,1H3,(H2,27,30). The lowest BCUT2D eigenvalue weighted by atomic mass is 9.96. The predicted molar refractivity (Wildman–Crippen MR) is 128 cm³/mol. The van der Waals surface area contributed by atoms with Gasteiger partial charge in [0.1, 0.15) is 12.7 Å². The number of ether oxygens (including phenoxy) is 2. The van der Waals surface area contributed by atoms with Crippen molar-refractivity contribution in [2.45, 2.75) is 25.5 Å². The lowest BCUT2D eigenvalue weighted by Crippen LogP contribution is -2.48. The highest BCUT2D eigenvalue weighted by Crippen LogP contribution is 2.30. The molecule has 0 bridgehead atoms. The summed E-state index contributed by atoms with van der Waals surface area (Å²) in [6, 6.07) is 18.8. The predicted octanol–water partition coefficient (Wildman–Crippen LogP) is 2.87. The number of carbonyl (C=O) groups is 2. The van der Waals surface area contributed by atoms with Crippen molar-refractivity contribution in [1.82, 2.24) is 9.80 Å². The quantitative estimate of drug-likeness (QED) is 0.399. The Hall–Kier alpha value is -2.45. The molecule has 0 radical (unpaired) electrons. The first-order valence-electron chi connectivity index (χ1n) is 11.2. The monoisotopic (exact) mass is 473 g/mol. The van der Waals surface area contributed by atoms with Crippen molar-refractivity contribution in [3.63, 3.8) is 0 Å². The molecule has 1 aliphatic rings. The molecule has 0 saturated carbocycles. The zero-order valence-corrected chi connectivity index (χ0v) is 19.7. The first kappa shape index (κ1) is 25.2. The van der Waals surface area contributed by atoms with Crippen LogP contribution in [0.1, 0.15) is 30.5 Å². The summed E-state index contributed by atoms with van der Waals surface area (Å²) >= 11 is 6.11. The second-order valence-corrected chi connectivity index (χ2v) is 8.70. The number of nitrogens with two attached hydrogens (primary N) is 1. The van der Waals surface area contributed by atoms with Crippen LogP contribution >= 0.6 is 11.6 Å². The van der Waals surface area contributed by atoms with E-state index in [1.165, 1.54) is 11.1 Å². The van der Waals surface area contributed by atoms with Crippen LogP contribution in [0.4, 0.5) is 0 Å². The summed E-state index contributed by atoms with van der Waals surface area (Å²) in [6.07, 6.45) is -0.527. The summed E-state index contributed by atoms with van der Waals surface area (Å²) in [7, 11) is 0. The first-order chi connectivity index (χ1) is 15.9. The van der Waals surface area contributed by atoms with Gasteiger partial charge < -0.3 is 15.2 Å². The van der Waals surface area contributed by atoms with Gasteiger partial charge in [0.15, 0.2) is 0 Å². The molecule has 1 aliphatic heterocycles. The first-order valence-corrected chi connectivity index (χ1v) is 11.6. The van der Waals surface area contributed by atoms with Crippen LogP contribution in [0.5, 0.6) is 0 Å². The van der Waals surface area contributed by atoms with Crippen molar-refractivity contribution >= 4 is 23.5 Å². The van der Waals surface area contributed by atoms with Crippen molar-refractivity contribution in [3.05, 3.63) is 70.7 Å². The molecule has 2 aromatic rings. The highest BCUT2D eigenvalue weighted by Gasteiger charge is 2.26. The van der Waals surface area contributed by atoms with Crippen molar-refractivity contribution in [1.29, 1.82) is 0 Å². The molecule has 2 unspecified atom stereocenters. The van der Waals surface area contributed by atoms with Crippen LogP contribution in [0.3, 0.4) is 0 Å². The van der Waals surface area contributed by atoms with Gasteiger partial charge in [0.25, 0.3) is 0 Å². The number of hydrogen-bond acceptors (Lipinski definition) is 6. The Morgan fingerprint density at radius 3 is 2.27 bits per heavy atom. The fourth-order valence-electron chi connectivity index (χ4n) is 4.07. The number of carbonyl (C=O) groups excluding carboxylic acids is 2. The Bertz CT molecular complexity index is 886. The van der Waals surface area contributed by atoms with Crippen molar-refractivity contribution < 1.29 is 19.1 Å². The Morgan fingerprint density at radius 1 is 1.00 bits per heavy atom. The highest BCUT2D eigenvalue weighted by molar-refractivity contribution is 6.30. The van der Waals surface area contributed by atoms with Crippen LogP contribution in [0.2, 0.25) is 5.02 Å². The topological polar surface area (TPSA) is 85.1 Å². The van der Waals surface area contributed by atoms with E-state index >= 15 is 0 Å². The van der Waals surface area contributed by atoms with Crippen LogP contribution in [0.25, 0.3) is 0 Å². The minimum Gasteiger partial charge on any atom is -0.460 e. The summed E-state index contributed by atoms with van der Waals surface area (Å²) in [6.45, 7) is 6.38. The molecule has 0 aliphatic carbocycles. The minimum atomic E-state index is -0.537. The van der Waals surface area contributed by atoms with Gasteiger partial charge in [-0.25, -0.2) is 4.79 Å². The molecule has 3 rings (SSSR count). The molecule has 1 amide bonds. The molecular weight excluding hydrogens is 442 g/mol. The number of amides is 1. The Labute approximate surface area is 200 Å². The normalized spacial score (nSPS) is 16.8. The molecule has 2 atom stereocenters. The molecule has 0 aromatic heterocycles. The third-order valence-electron chi connectivity index (χ3n) is 5.67. The summed E-state index contributed by atoms with van der Waals surface area (Å²) < 4.78 is 10.6. The molecular formula is C25H32ClN3O4. The molecule has 2 N–H and O–H groups in total. The molecule has 2 aromatic carbocycles. The van der Waals surface area contributed by atoms with Crippen molar-refractivity contribution in [2.24, 2.45) is 5.73 Å². The number of piperazine rings is 1. The summed E-state index contributed by atoms with van der Waals surface area (Å²) in [4.78, 5) is 27.4. The Morgan fingerprint density at radius 2 is 1.64 bits per heavy atom. The summed E-state index contributed by atoms with van der Waals surface area (Å²) in [5.41, 5.74) is 7.59. The van der Waals surface area contributed by atoms with Gasteiger partial charge in [0, 0.05) is 37.7 Å². The second kappa shape index (κ2) is 12.7. The van der Waals surface area contributed by atoms with Crippen LogP contribution in [-0.4, -0.2) is 73.7 Å². The van der Waals surface area contributed by atoms with E-state index in [4.69, 9.17) is 26.8 Å². The van der Waals surface area contributed by atoms with Gasteiger partial charge in [-0.3, -0.25) is 14.6 Å². The minimum absolute atomic E-state index is 0.00993. The van der Waals surface area contributed by atoms with E-state index in [2.05, 4.69) is 46.2 Å². The molecule has 7 nitrogen and oxygen atoms in total. The van der Waals surface area contributed by atoms with E-state index < -0.39 is 18.0 Å². The highest BCUT2D eigenvalue weighted by atomic mass is 35.5. The maximum atomic E-state index is 11.8. The van der Waals surface area contributed by atoms with E-state index in [0.29, 0.717) is 6.61 Å². The van der Waals surface area contributed by atoms with Gasteiger partial charge in [-0.05, 0) is 30.2 Å². The molecule has 1 fully saturated rings. The fraction of sp³-hybridized carbons (Fsp3) is 0.440. The largest absolute Gasteiger partial charge is 0.460 e. The Balaban J connectivity index is 1.45. The molecule has 33 heavy (non-hydrogen) atoms. The average Bonchev–Trinajstić information content (AvgIpc) is 2.79. The number of benzene rings is 2. The van der Waals surface area contributed by atoms with Gasteiger partial charge in [-0.1, -0.05) is 54.1 Å². The van der Waals surface area contributed by atoms with E-state index in [-0.39, 0.29) is 19.1 Å². The van der Waals surface area contributed by atoms with E-state index in [9.17, 15) is 9.59 Å². The molecule has 1 heterocycles. The third-order valence-corrected chi connectivity index (χ3v) is 5.92. The van der Waals surface area contributed by atoms with Crippen LogP contribution in [-0.2, 0) is 19.1 Å². The molecule has 1 saturated heterocycles. The number of nitrogens with zero attached hydrogens (tertiary/aromatic N) is 2. The van der Waals surface area contributed by atoms with Gasteiger partial charge in [0.2, 0.25) is 5.91 Å². The van der Waals surface area contributed by atoms with Gasteiger partial charge in [-0.15, -0.1) is 0 Å². The SMILES string of the molecule is CC(CC(N)=O)OC(=O)COCCN1CCN(C(c2ccccc2)c2ccc(Cl)cc2)CC1. The summed E-state index contributed by atoms with van der Waals surface area (Å²) in [5.74, 6) is -0.983. The third kappa shape index (κ3) is 8.12. The number of hydrogen-bond donors (Lipinski definition) is 1. The van der Waals surface area contributed by atoms with Crippen molar-refractivity contribution in [2.75, 3.05) is 45.9 Å². The maximum absolute atomic E-state index is 11.8. The summed E-state index contributed by atoms with van der Waals surface area (Å²) in [5, 5.41) is 0.738. The number of esters is 1. The lowest BCUT2D eigenvalue weighted by molar-refractivity contribution is -0.154. The number of primary amides is 1. The zero-order chi connectivity index (χ0) is 23.6. The van der Waals surface area contributed by atoms with E-state index in [1.54, 1.807) is 6.92 Å². The average molecular weight is 474 g/mol. The van der Waals surface area contributed by atoms with Crippen LogP contribution in [0, 0.1) is 0 Å². The Kier molecular flexibility index (Phi) is 9.69. The van der Waals surface area contributed by atoms with Gasteiger partial charge in [-0.2, -0.15) is 0 Å². The smallest absolute Gasteiger partial charge is 0.332 e. The zero-order valence-electron chi connectivity index (χ0n) is 19.0. The number of halogens is 1. The molecule has 0 spiro atoms. The number of rotatable bonds is 11. The van der Waals surface area contributed by atoms with E-state index in [0.717, 1.165) is 37.7 Å². The fourth-order valence-corrected chi connectivity index (χ4v) is 4.20. The van der Waals surface area contributed by atoms with Crippen LogP contribution in [0.15, 0.2) is 54.6 Å². The van der Waals surface area contributed by atoms with E-state index in [1.807, 2.05) is 18.2 Å². The lowest BCUT2D eigenvalue weighted by Gasteiger charge is -2.39. The van der Waals surface area contributed by atoms with Crippen molar-refractivity contribution in [3.8, 4) is 0 Å². The van der Waals surface area contributed by atoms with Gasteiger partial charge >= 0.3 is 5.97 Å². The molecule has 8 heteroatoms.